The second kappa shape index (κ2) is 9.29. The van der Waals surface area contributed by atoms with Crippen LogP contribution in [0.2, 0.25) is 0 Å². The first kappa shape index (κ1) is 20.2. The van der Waals surface area contributed by atoms with Crippen molar-refractivity contribution in [3.8, 4) is 0 Å². The number of nitrogens with zero attached hydrogens (tertiary/aromatic N) is 3. The van der Waals surface area contributed by atoms with Crippen molar-refractivity contribution in [2.24, 2.45) is 10.7 Å². The molecule has 1 aliphatic rings. The Morgan fingerprint density at radius 2 is 1.71 bits per heavy atom. The van der Waals surface area contributed by atoms with E-state index in [0.29, 0.717) is 45.3 Å². The van der Waals surface area contributed by atoms with Crippen molar-refractivity contribution in [1.82, 2.24) is 9.80 Å². The largest absolute Gasteiger partial charge is 0.444 e. The third kappa shape index (κ3) is 7.70. The maximum Gasteiger partial charge on any atom is 0.410 e. The fourth-order valence-electron chi connectivity index (χ4n) is 1.80. The molecule has 124 valence electrons. The van der Waals surface area contributed by atoms with Gasteiger partial charge in [-0.05, 0) is 20.8 Å². The zero-order valence-electron chi connectivity index (χ0n) is 13.3. The summed E-state index contributed by atoms with van der Waals surface area (Å²) < 4.78 is 10.3. The average molecular weight is 414 g/mol. The average Bonchev–Trinajstić information content (AvgIpc) is 2.37. The van der Waals surface area contributed by atoms with Gasteiger partial charge < -0.3 is 25.0 Å². The smallest absolute Gasteiger partial charge is 0.410 e. The minimum absolute atomic E-state index is 0. The molecule has 0 aromatic heterocycles. The lowest BCUT2D eigenvalue weighted by Gasteiger charge is -2.36. The quantitative estimate of drug-likeness (QED) is 0.324. The maximum absolute atomic E-state index is 11.9. The van der Waals surface area contributed by atoms with Crippen LogP contribution in [0.1, 0.15) is 20.8 Å². The molecule has 1 heterocycles. The third-order valence-corrected chi connectivity index (χ3v) is 2.82. The van der Waals surface area contributed by atoms with E-state index in [9.17, 15) is 4.79 Å². The summed E-state index contributed by atoms with van der Waals surface area (Å²) in [6, 6.07) is 0. The summed E-state index contributed by atoms with van der Waals surface area (Å²) in [4.78, 5) is 19.8. The van der Waals surface area contributed by atoms with Crippen molar-refractivity contribution < 1.29 is 14.3 Å². The molecule has 1 rings (SSSR count). The highest BCUT2D eigenvalue weighted by molar-refractivity contribution is 14.0. The lowest BCUT2D eigenvalue weighted by molar-refractivity contribution is 0.0186. The van der Waals surface area contributed by atoms with Gasteiger partial charge in [-0.2, -0.15) is 0 Å². The number of guanidine groups is 1. The molecule has 0 bridgehead atoms. The van der Waals surface area contributed by atoms with E-state index in [-0.39, 0.29) is 30.1 Å². The fourth-order valence-corrected chi connectivity index (χ4v) is 1.80. The van der Waals surface area contributed by atoms with Crippen molar-refractivity contribution in [2.45, 2.75) is 26.4 Å². The summed E-state index contributed by atoms with van der Waals surface area (Å²) in [5.41, 5.74) is 5.43. The number of hydrogen-bond donors (Lipinski definition) is 1. The monoisotopic (exact) mass is 414 g/mol. The van der Waals surface area contributed by atoms with Crippen molar-refractivity contribution in [3.05, 3.63) is 0 Å². The first-order valence-corrected chi connectivity index (χ1v) is 6.85. The molecule has 0 atom stereocenters. The molecule has 0 unspecified atom stereocenters. The molecule has 1 fully saturated rings. The van der Waals surface area contributed by atoms with Crippen LogP contribution < -0.4 is 5.73 Å². The maximum atomic E-state index is 11.9. The van der Waals surface area contributed by atoms with E-state index in [1.165, 1.54) is 0 Å². The van der Waals surface area contributed by atoms with Crippen LogP contribution in [0.15, 0.2) is 4.99 Å². The Bertz CT molecular complexity index is 350. The zero-order valence-corrected chi connectivity index (χ0v) is 15.6. The Labute approximate surface area is 143 Å². The van der Waals surface area contributed by atoms with Gasteiger partial charge in [0.2, 0.25) is 0 Å². The number of rotatable bonds is 3. The van der Waals surface area contributed by atoms with Gasteiger partial charge in [0.05, 0.1) is 13.2 Å². The van der Waals surface area contributed by atoms with Crippen molar-refractivity contribution >= 4 is 36.0 Å². The highest BCUT2D eigenvalue weighted by Gasteiger charge is 2.26. The van der Waals surface area contributed by atoms with Crippen LogP contribution in [0, 0.1) is 0 Å². The minimum Gasteiger partial charge on any atom is -0.444 e. The Balaban J connectivity index is 0.00000400. The number of methoxy groups -OCH3 is 1. The van der Waals surface area contributed by atoms with E-state index in [0.717, 1.165) is 0 Å². The summed E-state index contributed by atoms with van der Waals surface area (Å²) in [7, 11) is 1.63. The summed E-state index contributed by atoms with van der Waals surface area (Å²) in [5.74, 6) is 0.505. The third-order valence-electron chi connectivity index (χ3n) is 2.82. The van der Waals surface area contributed by atoms with Crippen LogP contribution >= 0.6 is 24.0 Å². The normalized spacial score (nSPS) is 16.5. The van der Waals surface area contributed by atoms with Gasteiger partial charge in [0.25, 0.3) is 0 Å². The number of aliphatic imine (C=N–C) groups is 1. The number of carbonyl (C=O) groups is 1. The van der Waals surface area contributed by atoms with Gasteiger partial charge in [0.1, 0.15) is 5.60 Å². The first-order chi connectivity index (χ1) is 9.33. The second-order valence-corrected chi connectivity index (χ2v) is 5.69. The summed E-state index contributed by atoms with van der Waals surface area (Å²) in [5, 5.41) is 0. The van der Waals surface area contributed by atoms with E-state index < -0.39 is 5.60 Å². The molecule has 0 aromatic rings. The molecule has 0 radical (unpaired) electrons. The summed E-state index contributed by atoms with van der Waals surface area (Å²) in [6.07, 6.45) is -0.271. The van der Waals surface area contributed by atoms with Crippen LogP contribution in [0.4, 0.5) is 4.79 Å². The predicted molar refractivity (Wildman–Crippen MR) is 93.2 cm³/mol. The molecule has 1 aliphatic heterocycles. The van der Waals surface area contributed by atoms with E-state index in [2.05, 4.69) is 4.99 Å². The molecule has 7 nitrogen and oxygen atoms in total. The van der Waals surface area contributed by atoms with Crippen LogP contribution in [0.5, 0.6) is 0 Å². The van der Waals surface area contributed by atoms with Crippen molar-refractivity contribution in [1.29, 1.82) is 0 Å². The van der Waals surface area contributed by atoms with E-state index in [1.54, 1.807) is 12.0 Å². The molecule has 0 aromatic carbocycles. The highest BCUT2D eigenvalue weighted by Crippen LogP contribution is 2.11. The molecular formula is C13H27IN4O3. The van der Waals surface area contributed by atoms with Gasteiger partial charge in [-0.25, -0.2) is 4.79 Å². The topological polar surface area (TPSA) is 80.4 Å². The van der Waals surface area contributed by atoms with Gasteiger partial charge in [-0.1, -0.05) is 0 Å². The van der Waals surface area contributed by atoms with E-state index >= 15 is 0 Å². The summed E-state index contributed by atoms with van der Waals surface area (Å²) in [6.45, 7) is 9.21. The standard InChI is InChI=1S/C13H26N4O3.HI/c1-13(2,3)20-12(18)17-8-6-16(7-9-17)11(14)15-5-10-19-4;/h5-10H2,1-4H3,(H2,14,15);1H. The number of nitrogens with two attached hydrogens (primary N) is 1. The molecule has 0 aliphatic carbocycles. The zero-order chi connectivity index (χ0) is 15.2. The predicted octanol–water partition coefficient (Wildman–Crippen LogP) is 1.12. The fraction of sp³-hybridized carbons (Fsp3) is 0.846. The second-order valence-electron chi connectivity index (χ2n) is 5.69. The molecule has 8 heteroatoms. The van der Waals surface area contributed by atoms with E-state index in [4.69, 9.17) is 15.2 Å². The van der Waals surface area contributed by atoms with Gasteiger partial charge >= 0.3 is 6.09 Å². The molecule has 1 amide bonds. The SMILES string of the molecule is COCCN=C(N)N1CCN(C(=O)OC(C)(C)C)CC1.I. The molecular weight excluding hydrogens is 387 g/mol. The van der Waals surface area contributed by atoms with Crippen LogP contribution in [0.3, 0.4) is 0 Å². The van der Waals surface area contributed by atoms with Crippen molar-refractivity contribution in [3.63, 3.8) is 0 Å². The van der Waals surface area contributed by atoms with Gasteiger partial charge in [-0.15, -0.1) is 24.0 Å². The Morgan fingerprint density at radius 1 is 1.19 bits per heavy atom. The molecule has 21 heavy (non-hydrogen) atoms. The number of carbonyl (C=O) groups excluding carboxylic acids is 1. The lowest BCUT2D eigenvalue weighted by Crippen LogP contribution is -2.53. The number of amides is 1. The van der Waals surface area contributed by atoms with Gasteiger partial charge in [0.15, 0.2) is 5.96 Å². The number of piperazine rings is 1. The molecule has 1 saturated heterocycles. The van der Waals surface area contributed by atoms with Crippen LogP contribution in [0.25, 0.3) is 0 Å². The Morgan fingerprint density at radius 3 is 2.19 bits per heavy atom. The van der Waals surface area contributed by atoms with Crippen LogP contribution in [-0.2, 0) is 9.47 Å². The lowest BCUT2D eigenvalue weighted by atomic mass is 10.2. The van der Waals surface area contributed by atoms with Gasteiger partial charge in [-0.3, -0.25) is 4.99 Å². The number of hydrogen-bond acceptors (Lipinski definition) is 4. The highest BCUT2D eigenvalue weighted by atomic mass is 127. The number of halogens is 1. The molecule has 2 N–H and O–H groups in total. The number of ether oxygens (including phenoxy) is 2. The van der Waals surface area contributed by atoms with Gasteiger partial charge in [0, 0.05) is 33.3 Å². The Kier molecular flexibility index (Phi) is 8.95. The first-order valence-electron chi connectivity index (χ1n) is 6.85. The molecule has 0 spiro atoms. The van der Waals surface area contributed by atoms with Crippen LogP contribution in [-0.4, -0.2) is 73.9 Å². The Hall–Kier alpha value is -0.770. The molecule has 0 saturated carbocycles. The van der Waals surface area contributed by atoms with Crippen molar-refractivity contribution in [2.75, 3.05) is 46.4 Å². The minimum atomic E-state index is -0.463. The van der Waals surface area contributed by atoms with E-state index in [1.807, 2.05) is 25.7 Å². The summed E-state index contributed by atoms with van der Waals surface area (Å²) >= 11 is 0.